The molecule has 42 heavy (non-hydrogen) atoms. The number of carbonyl (C=O) groups excluding carboxylic acids is 2. The highest BCUT2D eigenvalue weighted by atomic mass is 32.1. The molecule has 1 saturated carbocycles. The van der Waals surface area contributed by atoms with Crippen LogP contribution in [0, 0.1) is 5.41 Å². The van der Waals surface area contributed by atoms with Gasteiger partial charge in [-0.1, -0.05) is 6.08 Å². The quantitative estimate of drug-likeness (QED) is 0.366. The van der Waals surface area contributed by atoms with E-state index in [0.29, 0.717) is 50.3 Å². The van der Waals surface area contributed by atoms with E-state index in [1.807, 2.05) is 35.2 Å². The molecule has 4 aliphatic rings. The first-order valence-electron chi connectivity index (χ1n) is 14.6. The highest BCUT2D eigenvalue weighted by Crippen LogP contribution is 2.44. The number of fused-ring (bicyclic) bond motifs is 1. The number of aryl methyl sites for hydroxylation is 1. The monoisotopic (exact) mass is 584 g/mol. The minimum Gasteiger partial charge on any atom is -0.338 e. The fraction of sp³-hybridized carbons (Fsp3) is 0.483. The maximum Gasteiger partial charge on any atom is 0.237 e. The van der Waals surface area contributed by atoms with Crippen LogP contribution < -0.4 is 4.90 Å². The highest BCUT2D eigenvalue weighted by molar-refractivity contribution is 7.16. The maximum absolute atomic E-state index is 13.8. The lowest BCUT2D eigenvalue weighted by Gasteiger charge is -2.28. The van der Waals surface area contributed by atoms with Gasteiger partial charge in [-0.2, -0.15) is 10.2 Å². The Morgan fingerprint density at radius 2 is 2.05 bits per heavy atom. The highest BCUT2D eigenvalue weighted by Gasteiger charge is 2.51. The lowest BCUT2D eigenvalue weighted by molar-refractivity contribution is -0.132. The number of thiazole rings is 1. The number of carbonyl (C=O) groups is 2. The molecule has 12 nitrogen and oxygen atoms in total. The minimum atomic E-state index is -0.438. The van der Waals surface area contributed by atoms with Crippen LogP contribution in [0.2, 0.25) is 0 Å². The number of nitrogens with zero attached hydrogens (tertiary/aromatic N) is 9. The van der Waals surface area contributed by atoms with Gasteiger partial charge in [-0.25, -0.2) is 15.0 Å². The lowest BCUT2D eigenvalue weighted by Crippen LogP contribution is -2.43. The number of anilines is 1. The molecule has 2 saturated heterocycles. The van der Waals surface area contributed by atoms with E-state index in [0.717, 1.165) is 70.8 Å². The van der Waals surface area contributed by atoms with E-state index < -0.39 is 5.41 Å². The summed E-state index contributed by atoms with van der Waals surface area (Å²) in [5.41, 5.74) is 3.56. The number of H-pyrrole nitrogens is 1. The van der Waals surface area contributed by atoms with Crippen LogP contribution in [-0.2, 0) is 16.6 Å². The van der Waals surface area contributed by atoms with Crippen LogP contribution in [0.3, 0.4) is 0 Å². The summed E-state index contributed by atoms with van der Waals surface area (Å²) in [4.78, 5) is 47.6. The molecule has 2 amide bonds. The van der Waals surface area contributed by atoms with Crippen LogP contribution >= 0.6 is 11.3 Å². The molecule has 0 unspecified atom stereocenters. The second kappa shape index (κ2) is 9.80. The zero-order valence-corrected chi connectivity index (χ0v) is 24.3. The summed E-state index contributed by atoms with van der Waals surface area (Å²) in [6.45, 7) is 3.61. The third-order valence-corrected chi connectivity index (χ3v) is 10.2. The van der Waals surface area contributed by atoms with E-state index in [4.69, 9.17) is 4.98 Å². The number of hydrogen-bond acceptors (Lipinski definition) is 9. The molecule has 1 atom stereocenters. The normalized spacial score (nSPS) is 23.1. The van der Waals surface area contributed by atoms with E-state index in [1.54, 1.807) is 22.3 Å². The Labute approximate surface area is 246 Å². The Bertz CT molecular complexity index is 1730. The van der Waals surface area contributed by atoms with Crippen molar-refractivity contribution in [2.45, 2.75) is 38.0 Å². The average Bonchev–Trinajstić information content (AvgIpc) is 3.45. The first-order chi connectivity index (χ1) is 20.5. The molecule has 4 aromatic rings. The van der Waals surface area contributed by atoms with Gasteiger partial charge >= 0.3 is 0 Å². The summed E-state index contributed by atoms with van der Waals surface area (Å²) in [6.07, 6.45) is 10.3. The van der Waals surface area contributed by atoms with Crippen molar-refractivity contribution in [1.82, 2.24) is 44.7 Å². The van der Waals surface area contributed by atoms with Gasteiger partial charge in [0.15, 0.2) is 5.82 Å². The van der Waals surface area contributed by atoms with Crippen molar-refractivity contribution in [2.75, 3.05) is 44.2 Å². The smallest absolute Gasteiger partial charge is 0.237 e. The van der Waals surface area contributed by atoms with Crippen LogP contribution in [0.4, 0.5) is 5.82 Å². The number of pyridine rings is 1. The third kappa shape index (κ3) is 4.42. The van der Waals surface area contributed by atoms with Crippen molar-refractivity contribution in [3.63, 3.8) is 0 Å². The Morgan fingerprint density at radius 1 is 1.17 bits per heavy atom. The molecule has 1 N–H and O–H groups in total. The predicted molar refractivity (Wildman–Crippen MR) is 158 cm³/mol. The maximum atomic E-state index is 13.8. The first-order valence-corrected chi connectivity index (χ1v) is 15.5. The summed E-state index contributed by atoms with van der Waals surface area (Å²) in [6, 6.07) is 3.87. The van der Waals surface area contributed by atoms with E-state index >= 15 is 0 Å². The van der Waals surface area contributed by atoms with E-state index in [2.05, 4.69) is 36.2 Å². The first kappa shape index (κ1) is 25.7. The molecule has 3 aliphatic heterocycles. The van der Waals surface area contributed by atoms with Gasteiger partial charge in [0.25, 0.3) is 0 Å². The topological polar surface area (TPSA) is 129 Å². The number of aromatic nitrogens is 7. The van der Waals surface area contributed by atoms with E-state index in [9.17, 15) is 9.59 Å². The fourth-order valence-electron chi connectivity index (χ4n) is 6.58. The molecule has 0 aromatic carbocycles. The molecule has 1 aliphatic carbocycles. The average molecular weight is 585 g/mol. The van der Waals surface area contributed by atoms with Gasteiger partial charge in [0.1, 0.15) is 28.2 Å². The molecule has 0 bridgehead atoms. The van der Waals surface area contributed by atoms with E-state index in [-0.39, 0.29) is 11.8 Å². The van der Waals surface area contributed by atoms with Gasteiger partial charge in [-0.05, 0) is 56.4 Å². The Kier molecular flexibility index (Phi) is 6.00. The van der Waals surface area contributed by atoms with Crippen LogP contribution in [0.1, 0.15) is 48.7 Å². The summed E-state index contributed by atoms with van der Waals surface area (Å²) in [7, 11) is 1.85. The van der Waals surface area contributed by atoms with Crippen molar-refractivity contribution in [3.05, 3.63) is 41.4 Å². The second-order valence-corrected chi connectivity index (χ2v) is 13.0. The Balaban J connectivity index is 0.891. The van der Waals surface area contributed by atoms with Crippen molar-refractivity contribution in [1.29, 1.82) is 0 Å². The van der Waals surface area contributed by atoms with Crippen molar-refractivity contribution >= 4 is 45.6 Å². The summed E-state index contributed by atoms with van der Waals surface area (Å²) >= 11 is 1.58. The zero-order chi connectivity index (χ0) is 28.4. The third-order valence-electron chi connectivity index (χ3n) is 9.14. The van der Waals surface area contributed by atoms with Gasteiger partial charge in [0, 0.05) is 45.3 Å². The molecule has 3 fully saturated rings. The SMILES string of the molecule is Cn1cnc(-c2cnc(C3=CCN(C(=O)CN4CC[C@]5(CCN(c6ccc7n[nH]c(C8CC8)c7n6)C5=O)C4)CC3)s2)n1. The van der Waals surface area contributed by atoms with Crippen LogP contribution in [-0.4, -0.2) is 95.8 Å². The van der Waals surface area contributed by atoms with Gasteiger partial charge in [-0.15, -0.1) is 11.3 Å². The molecule has 7 heterocycles. The van der Waals surface area contributed by atoms with Crippen LogP contribution in [0.15, 0.2) is 30.7 Å². The number of likely N-dealkylation sites (tertiary alicyclic amines) is 1. The fourth-order valence-corrected chi connectivity index (χ4v) is 7.50. The molecule has 4 aromatic heterocycles. The van der Waals surface area contributed by atoms with Crippen molar-refractivity contribution < 1.29 is 9.59 Å². The van der Waals surface area contributed by atoms with Crippen LogP contribution in [0.5, 0.6) is 0 Å². The molecular weight excluding hydrogens is 552 g/mol. The number of rotatable bonds is 6. The van der Waals surface area contributed by atoms with Gasteiger partial charge in [0.05, 0.1) is 22.5 Å². The number of hydrogen-bond donors (Lipinski definition) is 1. The zero-order valence-electron chi connectivity index (χ0n) is 23.5. The minimum absolute atomic E-state index is 0.113. The van der Waals surface area contributed by atoms with Crippen molar-refractivity contribution in [3.8, 4) is 10.7 Å². The Hall–Kier alpha value is -3.97. The second-order valence-electron chi connectivity index (χ2n) is 12.0. The number of nitrogens with one attached hydrogen (secondary N) is 1. The van der Waals surface area contributed by atoms with E-state index in [1.165, 1.54) is 0 Å². The molecule has 8 rings (SSSR count). The molecule has 13 heteroatoms. The van der Waals surface area contributed by atoms with Crippen LogP contribution in [0.25, 0.3) is 27.3 Å². The molecule has 0 radical (unpaired) electrons. The van der Waals surface area contributed by atoms with Gasteiger partial charge in [-0.3, -0.25) is 29.2 Å². The van der Waals surface area contributed by atoms with Gasteiger partial charge < -0.3 is 4.90 Å². The predicted octanol–water partition coefficient (Wildman–Crippen LogP) is 2.83. The summed E-state index contributed by atoms with van der Waals surface area (Å²) in [5.74, 6) is 2.15. The Morgan fingerprint density at radius 3 is 2.83 bits per heavy atom. The number of amides is 2. The largest absolute Gasteiger partial charge is 0.338 e. The molecule has 1 spiro atoms. The van der Waals surface area contributed by atoms with Gasteiger partial charge in [0.2, 0.25) is 11.8 Å². The molecular formula is C29H32N10O2S. The summed E-state index contributed by atoms with van der Waals surface area (Å²) in [5, 5.41) is 12.9. The number of aromatic amines is 1. The standard InChI is InChI=1S/C29H32N10O2S/c1-36-17-31-26(35-36)21-14-30-27(42-21)19-6-10-38(11-7-19)23(40)15-37-12-8-29(16-37)9-13-39(28(29)41)22-5-4-20-25(32-22)24(34-33-20)18-2-3-18/h4-6,14,17-18H,2-3,7-13,15-16H2,1H3,(H,33,34)/t29-/m0/s1. The summed E-state index contributed by atoms with van der Waals surface area (Å²) < 4.78 is 1.68. The lowest BCUT2D eigenvalue weighted by atomic mass is 9.85. The van der Waals surface area contributed by atoms with Crippen molar-refractivity contribution in [2.24, 2.45) is 12.5 Å². The molecule has 216 valence electrons.